The molecule has 0 unspecified atom stereocenters. The summed E-state index contributed by atoms with van der Waals surface area (Å²) in [5, 5.41) is 7.56. The lowest BCUT2D eigenvalue weighted by atomic mass is 9.90. The van der Waals surface area contributed by atoms with Gasteiger partial charge in [-0.3, -0.25) is 5.10 Å². The Morgan fingerprint density at radius 2 is 2.05 bits per heavy atom. The second-order valence-electron chi connectivity index (χ2n) is 5.99. The van der Waals surface area contributed by atoms with E-state index < -0.39 is 0 Å². The number of aromatic nitrogens is 2. The number of benzene rings is 1. The summed E-state index contributed by atoms with van der Waals surface area (Å²) in [6.45, 7) is 6.93. The molecular weight excluding hydrogens is 246 g/mol. The highest BCUT2D eigenvalue weighted by atomic mass is 15.2. The van der Waals surface area contributed by atoms with Crippen LogP contribution < -0.4 is 0 Å². The molecule has 0 bridgehead atoms. The fourth-order valence-corrected chi connectivity index (χ4v) is 3.17. The number of piperidine rings is 1. The number of likely N-dealkylation sites (tertiary alicyclic amines) is 1. The largest absolute Gasteiger partial charge is 0.300 e. The summed E-state index contributed by atoms with van der Waals surface area (Å²) in [6.07, 6.45) is 4.50. The van der Waals surface area contributed by atoms with Crippen molar-refractivity contribution in [1.82, 2.24) is 15.1 Å². The normalized spacial score (nSPS) is 20.4. The number of hydrogen-bond donors (Lipinski definition) is 1. The molecule has 1 aromatic carbocycles. The molecule has 106 valence electrons. The lowest BCUT2D eigenvalue weighted by molar-refractivity contribution is 0.166. The zero-order valence-corrected chi connectivity index (χ0v) is 12.3. The predicted molar refractivity (Wildman–Crippen MR) is 82.7 cm³/mol. The summed E-state index contributed by atoms with van der Waals surface area (Å²) < 4.78 is 0. The minimum atomic E-state index is 0.573. The van der Waals surface area contributed by atoms with Gasteiger partial charge in [0.1, 0.15) is 0 Å². The Morgan fingerprint density at radius 3 is 2.80 bits per heavy atom. The van der Waals surface area contributed by atoms with E-state index in [0.717, 1.165) is 6.54 Å². The van der Waals surface area contributed by atoms with Gasteiger partial charge in [-0.1, -0.05) is 30.3 Å². The molecule has 3 rings (SSSR count). The van der Waals surface area contributed by atoms with Gasteiger partial charge >= 0.3 is 0 Å². The Kier molecular flexibility index (Phi) is 3.88. The molecule has 0 radical (unpaired) electrons. The zero-order valence-electron chi connectivity index (χ0n) is 12.3. The van der Waals surface area contributed by atoms with Gasteiger partial charge < -0.3 is 4.90 Å². The summed E-state index contributed by atoms with van der Waals surface area (Å²) in [6, 6.07) is 11.2. The van der Waals surface area contributed by atoms with Gasteiger partial charge in [0, 0.05) is 29.8 Å². The van der Waals surface area contributed by atoms with Gasteiger partial charge in [-0.2, -0.15) is 5.10 Å². The van der Waals surface area contributed by atoms with E-state index in [1.165, 1.54) is 36.2 Å². The molecule has 0 amide bonds. The standard InChI is InChI=1S/C17H23N3/c1-13(2)20-10-6-9-15(12-20)17-16(11-18-19-17)14-7-4-3-5-8-14/h3-5,7-8,11,13,15H,6,9-10,12H2,1-2H3,(H,18,19)/t15-/m1/s1. The Labute approximate surface area is 121 Å². The third-order valence-electron chi connectivity index (χ3n) is 4.34. The molecule has 0 aliphatic carbocycles. The van der Waals surface area contributed by atoms with Crippen LogP contribution in [0.15, 0.2) is 36.5 Å². The van der Waals surface area contributed by atoms with Gasteiger partial charge in [0.25, 0.3) is 0 Å². The quantitative estimate of drug-likeness (QED) is 0.922. The third-order valence-corrected chi connectivity index (χ3v) is 4.34. The van der Waals surface area contributed by atoms with E-state index in [9.17, 15) is 0 Å². The van der Waals surface area contributed by atoms with Crippen LogP contribution in [0.2, 0.25) is 0 Å². The van der Waals surface area contributed by atoms with Gasteiger partial charge in [-0.15, -0.1) is 0 Å². The maximum absolute atomic E-state index is 4.30. The van der Waals surface area contributed by atoms with E-state index in [1.54, 1.807) is 0 Å². The molecular formula is C17H23N3. The number of rotatable bonds is 3. The van der Waals surface area contributed by atoms with Crippen LogP contribution in [0.25, 0.3) is 11.1 Å². The lowest BCUT2D eigenvalue weighted by Crippen LogP contribution is -2.39. The van der Waals surface area contributed by atoms with E-state index >= 15 is 0 Å². The summed E-state index contributed by atoms with van der Waals surface area (Å²) >= 11 is 0. The topological polar surface area (TPSA) is 31.9 Å². The molecule has 2 heterocycles. The van der Waals surface area contributed by atoms with Gasteiger partial charge in [0.15, 0.2) is 0 Å². The molecule has 1 atom stereocenters. The second kappa shape index (κ2) is 5.80. The summed E-state index contributed by atoms with van der Waals surface area (Å²) in [4.78, 5) is 2.57. The van der Waals surface area contributed by atoms with Gasteiger partial charge in [-0.05, 0) is 38.8 Å². The minimum Gasteiger partial charge on any atom is -0.300 e. The first-order valence-corrected chi connectivity index (χ1v) is 7.58. The Balaban J connectivity index is 1.86. The average Bonchev–Trinajstić information content (AvgIpc) is 2.98. The smallest absolute Gasteiger partial charge is 0.0568 e. The lowest BCUT2D eigenvalue weighted by Gasteiger charge is -2.35. The first kappa shape index (κ1) is 13.4. The molecule has 0 spiro atoms. The minimum absolute atomic E-state index is 0.573. The van der Waals surface area contributed by atoms with Crippen molar-refractivity contribution in [2.45, 2.75) is 38.6 Å². The highest BCUT2D eigenvalue weighted by Crippen LogP contribution is 2.33. The fourth-order valence-electron chi connectivity index (χ4n) is 3.17. The summed E-state index contributed by atoms with van der Waals surface area (Å²) in [5.74, 6) is 0.573. The molecule has 1 aromatic heterocycles. The van der Waals surface area contributed by atoms with Crippen molar-refractivity contribution in [1.29, 1.82) is 0 Å². The number of aromatic amines is 1. The van der Waals surface area contributed by atoms with Crippen LogP contribution >= 0.6 is 0 Å². The fraction of sp³-hybridized carbons (Fsp3) is 0.471. The van der Waals surface area contributed by atoms with E-state index in [0.29, 0.717) is 12.0 Å². The molecule has 1 aliphatic rings. The molecule has 3 nitrogen and oxygen atoms in total. The Hall–Kier alpha value is -1.61. The Bertz CT molecular complexity index is 544. The van der Waals surface area contributed by atoms with Crippen LogP contribution in [-0.4, -0.2) is 34.2 Å². The van der Waals surface area contributed by atoms with Crippen LogP contribution in [0.4, 0.5) is 0 Å². The number of hydrogen-bond acceptors (Lipinski definition) is 2. The first-order valence-electron chi connectivity index (χ1n) is 7.58. The molecule has 20 heavy (non-hydrogen) atoms. The predicted octanol–water partition coefficient (Wildman–Crippen LogP) is 3.66. The van der Waals surface area contributed by atoms with Crippen LogP contribution in [0.1, 0.15) is 38.3 Å². The number of H-pyrrole nitrogens is 1. The van der Waals surface area contributed by atoms with Crippen molar-refractivity contribution < 1.29 is 0 Å². The highest BCUT2D eigenvalue weighted by molar-refractivity contribution is 5.65. The van der Waals surface area contributed by atoms with Crippen molar-refractivity contribution in [3.05, 3.63) is 42.2 Å². The molecule has 2 aromatic rings. The van der Waals surface area contributed by atoms with E-state index in [2.05, 4.69) is 59.3 Å². The molecule has 0 saturated carbocycles. The van der Waals surface area contributed by atoms with Crippen LogP contribution in [0.3, 0.4) is 0 Å². The second-order valence-corrected chi connectivity index (χ2v) is 5.99. The van der Waals surface area contributed by atoms with Crippen LogP contribution in [-0.2, 0) is 0 Å². The van der Waals surface area contributed by atoms with Crippen molar-refractivity contribution in [2.24, 2.45) is 0 Å². The van der Waals surface area contributed by atoms with Crippen LogP contribution in [0.5, 0.6) is 0 Å². The van der Waals surface area contributed by atoms with Crippen molar-refractivity contribution >= 4 is 0 Å². The maximum atomic E-state index is 4.30. The Morgan fingerprint density at radius 1 is 1.25 bits per heavy atom. The van der Waals surface area contributed by atoms with Crippen LogP contribution in [0, 0.1) is 0 Å². The highest BCUT2D eigenvalue weighted by Gasteiger charge is 2.26. The molecule has 1 N–H and O–H groups in total. The molecule has 1 saturated heterocycles. The van der Waals surface area contributed by atoms with E-state index in [4.69, 9.17) is 0 Å². The first-order chi connectivity index (χ1) is 9.75. The number of nitrogens with zero attached hydrogens (tertiary/aromatic N) is 2. The van der Waals surface area contributed by atoms with E-state index in [1.807, 2.05) is 6.20 Å². The van der Waals surface area contributed by atoms with Crippen molar-refractivity contribution in [3.8, 4) is 11.1 Å². The van der Waals surface area contributed by atoms with Crippen molar-refractivity contribution in [2.75, 3.05) is 13.1 Å². The SMILES string of the molecule is CC(C)N1CCC[C@@H](c2[nH]ncc2-c2ccccc2)C1. The summed E-state index contributed by atoms with van der Waals surface area (Å²) in [5.41, 5.74) is 3.83. The van der Waals surface area contributed by atoms with Crippen molar-refractivity contribution in [3.63, 3.8) is 0 Å². The van der Waals surface area contributed by atoms with Gasteiger partial charge in [0.05, 0.1) is 6.20 Å². The van der Waals surface area contributed by atoms with Gasteiger partial charge in [0.2, 0.25) is 0 Å². The summed E-state index contributed by atoms with van der Waals surface area (Å²) in [7, 11) is 0. The monoisotopic (exact) mass is 269 g/mol. The zero-order chi connectivity index (χ0) is 13.9. The maximum Gasteiger partial charge on any atom is 0.0568 e. The molecule has 1 aliphatic heterocycles. The molecule has 1 fully saturated rings. The molecule has 3 heteroatoms. The average molecular weight is 269 g/mol. The third kappa shape index (κ3) is 2.63. The van der Waals surface area contributed by atoms with E-state index in [-0.39, 0.29) is 0 Å². The van der Waals surface area contributed by atoms with Gasteiger partial charge in [-0.25, -0.2) is 0 Å². The number of nitrogens with one attached hydrogen (secondary N) is 1.